The number of nitrogens with zero attached hydrogens (tertiary/aromatic N) is 1. The number of benzene rings is 3. The number of anilines is 1. The first-order valence-electron chi connectivity index (χ1n) is 12.7. The Bertz CT molecular complexity index is 1610. The average molecular weight is 587 g/mol. The fourth-order valence-electron chi connectivity index (χ4n) is 4.35. The van der Waals surface area contributed by atoms with Crippen LogP contribution in [0.3, 0.4) is 0 Å². The molecular formula is C29H34N2O7S2. The Labute approximate surface area is 236 Å². The Morgan fingerprint density at radius 1 is 0.975 bits per heavy atom. The molecule has 0 unspecified atom stereocenters. The minimum absolute atomic E-state index is 0.0563. The van der Waals surface area contributed by atoms with Gasteiger partial charge in [-0.1, -0.05) is 39.0 Å². The smallest absolute Gasteiger partial charge is 0.264 e. The van der Waals surface area contributed by atoms with Crippen molar-refractivity contribution < 1.29 is 31.1 Å². The van der Waals surface area contributed by atoms with Crippen LogP contribution in [0.25, 0.3) is 0 Å². The summed E-state index contributed by atoms with van der Waals surface area (Å²) in [6.07, 6.45) is 0.000487. The van der Waals surface area contributed by atoms with E-state index in [-0.39, 0.29) is 27.5 Å². The lowest BCUT2D eigenvalue weighted by molar-refractivity contribution is -0.128. The van der Waals surface area contributed by atoms with Crippen LogP contribution in [0.1, 0.15) is 44.9 Å². The number of hydrogen-bond donors (Lipinski definition) is 1. The molecule has 1 N–H and O–H groups in total. The van der Waals surface area contributed by atoms with E-state index in [0.717, 1.165) is 11.8 Å². The Morgan fingerprint density at radius 3 is 2.12 bits per heavy atom. The zero-order valence-corrected chi connectivity index (χ0v) is 25.0. The van der Waals surface area contributed by atoms with Gasteiger partial charge < -0.3 is 14.8 Å². The van der Waals surface area contributed by atoms with Crippen LogP contribution in [0.5, 0.6) is 11.5 Å². The molecule has 0 fully saturated rings. The number of sulfonamides is 1. The van der Waals surface area contributed by atoms with Crippen LogP contribution in [-0.2, 0) is 30.1 Å². The number of nitrogens with one attached hydrogen (secondary N) is 1. The molecule has 1 aliphatic rings. The molecule has 3 aromatic carbocycles. The predicted octanol–water partition coefficient (Wildman–Crippen LogP) is 4.23. The molecule has 1 aliphatic heterocycles. The van der Waals surface area contributed by atoms with Gasteiger partial charge in [-0.3, -0.25) is 9.10 Å². The lowest BCUT2D eigenvalue weighted by atomic mass is 9.86. The van der Waals surface area contributed by atoms with Crippen LogP contribution < -0.4 is 19.1 Å². The van der Waals surface area contributed by atoms with Gasteiger partial charge in [0.15, 0.2) is 15.9 Å². The van der Waals surface area contributed by atoms with E-state index >= 15 is 0 Å². The topological polar surface area (TPSA) is 119 Å². The minimum atomic E-state index is -4.07. The molecule has 0 spiro atoms. The molecule has 0 radical (unpaired) electrons. The predicted molar refractivity (Wildman–Crippen MR) is 153 cm³/mol. The molecule has 0 saturated carbocycles. The minimum Gasteiger partial charge on any atom is -0.497 e. The Morgan fingerprint density at radius 2 is 1.57 bits per heavy atom. The fourth-order valence-corrected chi connectivity index (χ4v) is 6.45. The second-order valence-electron chi connectivity index (χ2n) is 10.8. The van der Waals surface area contributed by atoms with Gasteiger partial charge in [-0.05, 0) is 72.0 Å². The van der Waals surface area contributed by atoms with Crippen molar-refractivity contribution in [1.82, 2.24) is 5.32 Å². The molecule has 2 atom stereocenters. The number of ether oxygens (including phenoxy) is 2. The molecule has 0 bridgehead atoms. The van der Waals surface area contributed by atoms with Gasteiger partial charge in [-0.15, -0.1) is 0 Å². The van der Waals surface area contributed by atoms with Crippen molar-refractivity contribution in [3.8, 4) is 11.5 Å². The molecule has 1 amide bonds. The third-order valence-corrected chi connectivity index (χ3v) is 9.72. The van der Waals surface area contributed by atoms with Crippen molar-refractivity contribution in [3.63, 3.8) is 0 Å². The van der Waals surface area contributed by atoms with E-state index in [1.807, 2.05) is 26.8 Å². The molecule has 3 aromatic rings. The van der Waals surface area contributed by atoms with Crippen molar-refractivity contribution >= 4 is 31.5 Å². The van der Waals surface area contributed by atoms with Crippen LogP contribution in [0.15, 0.2) is 76.5 Å². The third-order valence-electron chi connectivity index (χ3n) is 6.80. The summed E-state index contributed by atoms with van der Waals surface area (Å²) in [5.74, 6) is 0.300. The quantitative estimate of drug-likeness (QED) is 0.440. The number of carbonyl (C=O) groups is 1. The van der Waals surface area contributed by atoms with Crippen LogP contribution in [-0.4, -0.2) is 48.8 Å². The summed E-state index contributed by atoms with van der Waals surface area (Å²) >= 11 is 0. The second-order valence-corrected chi connectivity index (χ2v) is 14.7. The SMILES string of the molecule is COc1ccc(S(=O)(=O)N2C[C@@H](C(=O)N[C@@H](C)c3ccc(S(C)(=O)=O)cc3)Oc3ccc(C(C)(C)C)cc32)cc1. The Hall–Kier alpha value is -3.57. The Kier molecular flexibility index (Phi) is 7.92. The first kappa shape index (κ1) is 29.4. The van der Waals surface area contributed by atoms with Crippen molar-refractivity contribution in [2.24, 2.45) is 0 Å². The molecule has 0 aliphatic carbocycles. The summed E-state index contributed by atoms with van der Waals surface area (Å²) in [7, 11) is -5.92. The molecule has 0 saturated heterocycles. The average Bonchev–Trinajstić information content (AvgIpc) is 2.91. The van der Waals surface area contributed by atoms with E-state index < -0.39 is 37.9 Å². The zero-order valence-electron chi connectivity index (χ0n) is 23.3. The first-order chi connectivity index (χ1) is 18.6. The monoisotopic (exact) mass is 586 g/mol. The van der Waals surface area contributed by atoms with Gasteiger partial charge >= 0.3 is 0 Å². The number of rotatable bonds is 7. The fraction of sp³-hybridized carbons (Fsp3) is 0.345. The summed E-state index contributed by atoms with van der Waals surface area (Å²) in [6, 6.07) is 17.2. The summed E-state index contributed by atoms with van der Waals surface area (Å²) in [4.78, 5) is 13.6. The second kappa shape index (κ2) is 10.8. The third kappa shape index (κ3) is 6.10. The van der Waals surface area contributed by atoms with E-state index in [1.165, 1.54) is 35.7 Å². The van der Waals surface area contributed by atoms with E-state index in [1.54, 1.807) is 43.3 Å². The highest BCUT2D eigenvalue weighted by Crippen LogP contribution is 2.40. The van der Waals surface area contributed by atoms with E-state index in [9.17, 15) is 21.6 Å². The molecule has 9 nitrogen and oxygen atoms in total. The number of sulfone groups is 1. The van der Waals surface area contributed by atoms with Gasteiger partial charge in [0.05, 0.1) is 35.2 Å². The highest BCUT2D eigenvalue weighted by Gasteiger charge is 2.38. The normalized spacial score (nSPS) is 16.4. The largest absolute Gasteiger partial charge is 0.497 e. The summed E-state index contributed by atoms with van der Waals surface area (Å²) < 4.78 is 63.8. The number of hydrogen-bond acceptors (Lipinski definition) is 7. The number of amides is 1. The molecule has 4 rings (SSSR count). The number of carbonyl (C=O) groups excluding carboxylic acids is 1. The molecule has 0 aromatic heterocycles. The summed E-state index contributed by atoms with van der Waals surface area (Å²) in [5.41, 5.74) is 1.71. The highest BCUT2D eigenvalue weighted by molar-refractivity contribution is 7.92. The van der Waals surface area contributed by atoms with Crippen molar-refractivity contribution in [2.45, 2.75) is 55.0 Å². The Balaban J connectivity index is 1.66. The van der Waals surface area contributed by atoms with Gasteiger partial charge in [0.25, 0.3) is 15.9 Å². The molecule has 40 heavy (non-hydrogen) atoms. The van der Waals surface area contributed by atoms with Gasteiger partial charge in [0, 0.05) is 6.26 Å². The zero-order chi connectivity index (χ0) is 29.5. The number of methoxy groups -OCH3 is 1. The van der Waals surface area contributed by atoms with E-state index in [0.29, 0.717) is 17.0 Å². The van der Waals surface area contributed by atoms with Gasteiger partial charge in [0.2, 0.25) is 0 Å². The molecular weight excluding hydrogens is 552 g/mol. The van der Waals surface area contributed by atoms with Crippen LogP contribution in [0.4, 0.5) is 5.69 Å². The van der Waals surface area contributed by atoms with Crippen molar-refractivity contribution in [2.75, 3.05) is 24.2 Å². The van der Waals surface area contributed by atoms with E-state index in [2.05, 4.69) is 5.32 Å². The molecule has 1 heterocycles. The van der Waals surface area contributed by atoms with Crippen LogP contribution in [0.2, 0.25) is 0 Å². The maximum Gasteiger partial charge on any atom is 0.264 e. The van der Waals surface area contributed by atoms with Crippen LogP contribution in [0, 0.1) is 0 Å². The lowest BCUT2D eigenvalue weighted by Gasteiger charge is -2.36. The summed E-state index contributed by atoms with van der Waals surface area (Å²) in [6.45, 7) is 7.61. The van der Waals surface area contributed by atoms with Gasteiger partial charge in [-0.2, -0.15) is 0 Å². The molecule has 214 valence electrons. The maximum absolute atomic E-state index is 13.9. The van der Waals surface area contributed by atoms with Gasteiger partial charge in [-0.25, -0.2) is 16.8 Å². The van der Waals surface area contributed by atoms with Crippen molar-refractivity contribution in [1.29, 1.82) is 0 Å². The first-order valence-corrected chi connectivity index (χ1v) is 16.0. The summed E-state index contributed by atoms with van der Waals surface area (Å²) in [5, 5.41) is 2.87. The highest BCUT2D eigenvalue weighted by atomic mass is 32.2. The number of fused-ring (bicyclic) bond motifs is 1. The maximum atomic E-state index is 13.9. The standard InChI is InChI=1S/C29H34N2O7S2/c1-19(20-7-12-23(13-8-20)39(6,33)34)30-28(32)27-18-31(40(35,36)24-14-10-22(37-5)11-15-24)25-17-21(29(2,3)4)9-16-26(25)38-27/h7-17,19,27H,18H2,1-6H3,(H,30,32)/t19-,27-/m0/s1. The van der Waals surface area contributed by atoms with Crippen LogP contribution >= 0.6 is 0 Å². The molecule has 11 heteroatoms. The van der Waals surface area contributed by atoms with Gasteiger partial charge in [0.1, 0.15) is 11.5 Å². The lowest BCUT2D eigenvalue weighted by Crippen LogP contribution is -2.51. The van der Waals surface area contributed by atoms with Crippen molar-refractivity contribution in [3.05, 3.63) is 77.9 Å². The van der Waals surface area contributed by atoms with E-state index in [4.69, 9.17) is 9.47 Å².